The molecule has 1 fully saturated rings. The van der Waals surface area contributed by atoms with Crippen LogP contribution in [0.1, 0.15) is 6.42 Å². The number of benzene rings is 1. The molecule has 1 aromatic carbocycles. The standard InChI is InChI=1S/C13H16N2O5/c16-8-10-5-6-14(7-10)13(17)9-20-12-3-1-11(2-4-12)15(18)19/h1-4,10,16H,5-9H2. The molecule has 1 heterocycles. The minimum Gasteiger partial charge on any atom is -0.484 e. The summed E-state index contributed by atoms with van der Waals surface area (Å²) in [6.45, 7) is 1.18. The number of non-ortho nitro benzene ring substituents is 1. The van der Waals surface area contributed by atoms with Crippen molar-refractivity contribution >= 4 is 11.6 Å². The molecule has 0 radical (unpaired) electrons. The first-order chi connectivity index (χ1) is 9.60. The maximum absolute atomic E-state index is 11.9. The fourth-order valence-corrected chi connectivity index (χ4v) is 2.11. The molecule has 0 saturated carbocycles. The Bertz CT molecular complexity index is 488. The number of nitro benzene ring substituents is 1. The Labute approximate surface area is 115 Å². The van der Waals surface area contributed by atoms with Gasteiger partial charge in [0.15, 0.2) is 6.61 Å². The predicted octanol–water partition coefficient (Wildman–Crippen LogP) is 0.814. The smallest absolute Gasteiger partial charge is 0.269 e. The van der Waals surface area contributed by atoms with Crippen molar-refractivity contribution in [1.82, 2.24) is 4.90 Å². The van der Waals surface area contributed by atoms with Crippen LogP contribution in [0.15, 0.2) is 24.3 Å². The number of amides is 1. The Hall–Kier alpha value is -2.15. The van der Waals surface area contributed by atoms with Crippen molar-refractivity contribution in [2.24, 2.45) is 5.92 Å². The largest absolute Gasteiger partial charge is 0.484 e. The van der Waals surface area contributed by atoms with Gasteiger partial charge in [0.25, 0.3) is 11.6 Å². The van der Waals surface area contributed by atoms with Gasteiger partial charge >= 0.3 is 0 Å². The fraction of sp³-hybridized carbons (Fsp3) is 0.462. The van der Waals surface area contributed by atoms with Crippen LogP contribution in [0, 0.1) is 16.0 Å². The van der Waals surface area contributed by atoms with Gasteiger partial charge in [0.2, 0.25) is 0 Å². The lowest BCUT2D eigenvalue weighted by Gasteiger charge is -2.16. The van der Waals surface area contributed by atoms with E-state index in [-0.39, 0.29) is 30.7 Å². The molecular formula is C13H16N2O5. The van der Waals surface area contributed by atoms with Gasteiger partial charge in [-0.15, -0.1) is 0 Å². The molecule has 1 aliphatic heterocycles. The molecule has 7 heteroatoms. The summed E-state index contributed by atoms with van der Waals surface area (Å²) >= 11 is 0. The Morgan fingerprint density at radius 1 is 1.45 bits per heavy atom. The van der Waals surface area contributed by atoms with E-state index in [1.54, 1.807) is 4.90 Å². The van der Waals surface area contributed by atoms with Crippen molar-refractivity contribution in [3.05, 3.63) is 34.4 Å². The highest BCUT2D eigenvalue weighted by molar-refractivity contribution is 5.78. The van der Waals surface area contributed by atoms with Gasteiger partial charge in [-0.2, -0.15) is 0 Å². The molecule has 0 aromatic heterocycles. The summed E-state index contributed by atoms with van der Waals surface area (Å²) in [6, 6.07) is 5.59. The number of likely N-dealkylation sites (tertiary alicyclic amines) is 1. The quantitative estimate of drug-likeness (QED) is 0.636. The molecule has 108 valence electrons. The average molecular weight is 280 g/mol. The highest BCUT2D eigenvalue weighted by Gasteiger charge is 2.25. The lowest BCUT2D eigenvalue weighted by Crippen LogP contribution is -2.33. The predicted molar refractivity (Wildman–Crippen MR) is 70.4 cm³/mol. The van der Waals surface area contributed by atoms with Crippen molar-refractivity contribution in [2.75, 3.05) is 26.3 Å². The lowest BCUT2D eigenvalue weighted by atomic mass is 10.1. The second-order valence-electron chi connectivity index (χ2n) is 4.72. The third kappa shape index (κ3) is 3.45. The van der Waals surface area contributed by atoms with Crippen molar-refractivity contribution in [3.8, 4) is 5.75 Å². The van der Waals surface area contributed by atoms with Gasteiger partial charge in [0.1, 0.15) is 5.75 Å². The number of aliphatic hydroxyl groups excluding tert-OH is 1. The molecule has 1 atom stereocenters. The summed E-state index contributed by atoms with van der Waals surface area (Å²) in [6.07, 6.45) is 0.805. The molecule has 0 spiro atoms. The fourth-order valence-electron chi connectivity index (χ4n) is 2.11. The second kappa shape index (κ2) is 6.33. The van der Waals surface area contributed by atoms with Crippen LogP contribution in [0.2, 0.25) is 0 Å². The maximum Gasteiger partial charge on any atom is 0.269 e. The summed E-state index contributed by atoms with van der Waals surface area (Å²) in [5, 5.41) is 19.5. The SMILES string of the molecule is O=C(COc1ccc([N+](=O)[O-])cc1)N1CCC(CO)C1. The minimum absolute atomic E-state index is 0.0194. The van der Waals surface area contributed by atoms with Crippen LogP contribution >= 0.6 is 0 Å². The van der Waals surface area contributed by atoms with Crippen LogP contribution < -0.4 is 4.74 Å². The third-order valence-corrected chi connectivity index (χ3v) is 3.31. The summed E-state index contributed by atoms with van der Waals surface area (Å²) in [5.41, 5.74) is -0.0194. The minimum atomic E-state index is -0.492. The Balaban J connectivity index is 1.83. The molecule has 20 heavy (non-hydrogen) atoms. The lowest BCUT2D eigenvalue weighted by molar-refractivity contribution is -0.384. The molecule has 0 aliphatic carbocycles. The van der Waals surface area contributed by atoms with Crippen molar-refractivity contribution in [3.63, 3.8) is 0 Å². The van der Waals surface area contributed by atoms with Crippen LogP contribution in [0.3, 0.4) is 0 Å². The summed E-state index contributed by atoms with van der Waals surface area (Å²) in [5.74, 6) is 0.430. The molecule has 1 N–H and O–H groups in total. The number of hydrogen-bond acceptors (Lipinski definition) is 5. The van der Waals surface area contributed by atoms with Gasteiger partial charge < -0.3 is 14.7 Å². The van der Waals surface area contributed by atoms with Gasteiger partial charge in [-0.05, 0) is 18.6 Å². The number of nitro groups is 1. The van der Waals surface area contributed by atoms with Crippen LogP contribution in [-0.2, 0) is 4.79 Å². The van der Waals surface area contributed by atoms with E-state index in [4.69, 9.17) is 9.84 Å². The number of aliphatic hydroxyl groups is 1. The van der Waals surface area contributed by atoms with E-state index in [0.29, 0.717) is 18.8 Å². The van der Waals surface area contributed by atoms with E-state index < -0.39 is 4.92 Å². The van der Waals surface area contributed by atoms with Gasteiger partial charge in [0.05, 0.1) is 4.92 Å². The maximum atomic E-state index is 11.9. The van der Waals surface area contributed by atoms with E-state index >= 15 is 0 Å². The van der Waals surface area contributed by atoms with Crippen LogP contribution in [0.4, 0.5) is 5.69 Å². The molecule has 1 saturated heterocycles. The van der Waals surface area contributed by atoms with Gasteiger partial charge in [0, 0.05) is 37.7 Å². The molecule has 0 bridgehead atoms. The Morgan fingerprint density at radius 2 is 2.15 bits per heavy atom. The summed E-state index contributed by atoms with van der Waals surface area (Å²) < 4.78 is 5.31. The molecule has 2 rings (SSSR count). The Morgan fingerprint density at radius 3 is 2.70 bits per heavy atom. The zero-order valence-electron chi connectivity index (χ0n) is 10.9. The normalized spacial score (nSPS) is 18.1. The zero-order chi connectivity index (χ0) is 14.5. The first-order valence-electron chi connectivity index (χ1n) is 6.36. The van der Waals surface area contributed by atoms with Crippen LogP contribution in [0.25, 0.3) is 0 Å². The number of carbonyl (C=O) groups is 1. The average Bonchev–Trinajstić information content (AvgIpc) is 2.94. The van der Waals surface area contributed by atoms with Gasteiger partial charge in [-0.1, -0.05) is 0 Å². The number of carbonyl (C=O) groups excluding carboxylic acids is 1. The summed E-state index contributed by atoms with van der Waals surface area (Å²) in [7, 11) is 0. The molecule has 1 aliphatic rings. The second-order valence-corrected chi connectivity index (χ2v) is 4.72. The highest BCUT2D eigenvalue weighted by Crippen LogP contribution is 2.18. The first kappa shape index (κ1) is 14.3. The third-order valence-electron chi connectivity index (χ3n) is 3.31. The van der Waals surface area contributed by atoms with E-state index in [1.807, 2.05) is 0 Å². The first-order valence-corrected chi connectivity index (χ1v) is 6.36. The number of nitrogens with zero attached hydrogens (tertiary/aromatic N) is 2. The highest BCUT2D eigenvalue weighted by atomic mass is 16.6. The topological polar surface area (TPSA) is 92.9 Å². The molecule has 1 amide bonds. The monoisotopic (exact) mass is 280 g/mol. The zero-order valence-corrected chi connectivity index (χ0v) is 10.9. The molecule has 1 aromatic rings. The van der Waals surface area contributed by atoms with E-state index in [2.05, 4.69) is 0 Å². The number of hydrogen-bond donors (Lipinski definition) is 1. The molecule has 7 nitrogen and oxygen atoms in total. The van der Waals surface area contributed by atoms with Gasteiger partial charge in [-0.25, -0.2) is 0 Å². The van der Waals surface area contributed by atoms with E-state index in [9.17, 15) is 14.9 Å². The van der Waals surface area contributed by atoms with E-state index in [0.717, 1.165) is 6.42 Å². The summed E-state index contributed by atoms with van der Waals surface area (Å²) in [4.78, 5) is 23.5. The number of rotatable bonds is 5. The van der Waals surface area contributed by atoms with Crippen molar-refractivity contribution in [1.29, 1.82) is 0 Å². The van der Waals surface area contributed by atoms with Crippen molar-refractivity contribution in [2.45, 2.75) is 6.42 Å². The number of ether oxygens (including phenoxy) is 1. The van der Waals surface area contributed by atoms with Gasteiger partial charge in [-0.3, -0.25) is 14.9 Å². The van der Waals surface area contributed by atoms with Crippen molar-refractivity contribution < 1.29 is 19.6 Å². The van der Waals surface area contributed by atoms with E-state index in [1.165, 1.54) is 24.3 Å². The van der Waals surface area contributed by atoms with Crippen LogP contribution in [0.5, 0.6) is 5.75 Å². The molecular weight excluding hydrogens is 264 g/mol. The van der Waals surface area contributed by atoms with Crippen LogP contribution in [-0.4, -0.2) is 47.1 Å². The Kier molecular flexibility index (Phi) is 4.52. The molecule has 1 unspecified atom stereocenters.